The van der Waals surface area contributed by atoms with Crippen molar-refractivity contribution in [1.29, 1.82) is 0 Å². The molecule has 0 aromatic heterocycles. The minimum atomic E-state index is -0.362. The van der Waals surface area contributed by atoms with Gasteiger partial charge in [0.1, 0.15) is 12.6 Å². The summed E-state index contributed by atoms with van der Waals surface area (Å²) in [5.74, 6) is 5.85. The summed E-state index contributed by atoms with van der Waals surface area (Å²) in [7, 11) is 0. The first kappa shape index (κ1) is 7.54. The molecule has 0 saturated heterocycles. The van der Waals surface area contributed by atoms with Gasteiger partial charge in [0.25, 0.3) is 0 Å². The largest absolute Gasteiger partial charge is 0.302 e. The maximum Gasteiger partial charge on any atom is 0.138 e. The smallest absolute Gasteiger partial charge is 0.138 e. The molecule has 0 aromatic rings. The summed E-state index contributed by atoms with van der Waals surface area (Å²) < 4.78 is 0. The lowest BCUT2D eigenvalue weighted by Gasteiger charge is -1.94. The van der Waals surface area contributed by atoms with Crippen molar-refractivity contribution < 1.29 is 9.59 Å². The number of carbonyl (C=O) groups excluding carboxylic acids is 2. The fourth-order valence-corrected chi connectivity index (χ4v) is 1.06. The topological polar surface area (TPSA) is 34.1 Å². The van der Waals surface area contributed by atoms with Crippen LogP contribution in [0.3, 0.4) is 0 Å². The van der Waals surface area contributed by atoms with Crippen molar-refractivity contribution in [2.75, 3.05) is 0 Å². The second-order valence-corrected chi connectivity index (χ2v) is 3.80. The van der Waals surface area contributed by atoms with Crippen molar-refractivity contribution >= 4 is 12.6 Å². The second kappa shape index (κ2) is 2.20. The highest BCUT2D eigenvalue weighted by atomic mass is 16.1. The molecular formula is C10H10O2. The number of aldehydes is 2. The van der Waals surface area contributed by atoms with E-state index in [4.69, 9.17) is 0 Å². The standard InChI is InChI=1S/C10H10O2/c11-7-9(1-2-9)5-6-10(8-12)3-4-10/h7-8H,1-4H2. The lowest BCUT2D eigenvalue weighted by molar-refractivity contribution is -0.111. The zero-order valence-electron chi connectivity index (χ0n) is 6.80. The van der Waals surface area contributed by atoms with Crippen LogP contribution in [0.1, 0.15) is 25.7 Å². The van der Waals surface area contributed by atoms with Crippen LogP contribution in [-0.4, -0.2) is 12.6 Å². The van der Waals surface area contributed by atoms with Gasteiger partial charge >= 0.3 is 0 Å². The van der Waals surface area contributed by atoms with Gasteiger partial charge in [0.05, 0.1) is 10.8 Å². The van der Waals surface area contributed by atoms with E-state index in [-0.39, 0.29) is 10.8 Å². The molecule has 2 aliphatic carbocycles. The Morgan fingerprint density at radius 3 is 1.33 bits per heavy atom. The van der Waals surface area contributed by atoms with Crippen LogP contribution in [0.15, 0.2) is 0 Å². The molecule has 2 heteroatoms. The van der Waals surface area contributed by atoms with Gasteiger partial charge in [0.2, 0.25) is 0 Å². The highest BCUT2D eigenvalue weighted by Crippen LogP contribution is 2.46. The molecule has 0 N–H and O–H groups in total. The Balaban J connectivity index is 2.09. The number of hydrogen-bond acceptors (Lipinski definition) is 2. The third-order valence-electron chi connectivity index (χ3n) is 2.59. The van der Waals surface area contributed by atoms with Crippen molar-refractivity contribution in [2.45, 2.75) is 25.7 Å². The van der Waals surface area contributed by atoms with Gasteiger partial charge in [-0.1, -0.05) is 11.8 Å². The van der Waals surface area contributed by atoms with Crippen LogP contribution in [0.25, 0.3) is 0 Å². The maximum absolute atomic E-state index is 10.5. The van der Waals surface area contributed by atoms with E-state index in [9.17, 15) is 9.59 Å². The van der Waals surface area contributed by atoms with Crippen molar-refractivity contribution in [3.8, 4) is 11.8 Å². The molecule has 0 radical (unpaired) electrons. The van der Waals surface area contributed by atoms with Gasteiger partial charge in [-0.3, -0.25) is 0 Å². The van der Waals surface area contributed by atoms with Gasteiger partial charge in [0, 0.05) is 0 Å². The molecule has 0 spiro atoms. The quantitative estimate of drug-likeness (QED) is 0.447. The normalized spacial score (nSPS) is 26.3. The van der Waals surface area contributed by atoms with Gasteiger partial charge in [-0.05, 0) is 25.7 Å². The van der Waals surface area contributed by atoms with Crippen LogP contribution < -0.4 is 0 Å². The Morgan fingerprint density at radius 2 is 1.17 bits per heavy atom. The molecule has 2 saturated carbocycles. The van der Waals surface area contributed by atoms with E-state index < -0.39 is 0 Å². The van der Waals surface area contributed by atoms with E-state index in [1.165, 1.54) is 0 Å². The predicted octanol–water partition coefficient (Wildman–Crippen LogP) is 0.948. The van der Waals surface area contributed by atoms with Crippen molar-refractivity contribution in [3.05, 3.63) is 0 Å². The van der Waals surface area contributed by atoms with Crippen molar-refractivity contribution in [3.63, 3.8) is 0 Å². The summed E-state index contributed by atoms with van der Waals surface area (Å²) in [6.07, 6.45) is 5.33. The Morgan fingerprint density at radius 1 is 0.833 bits per heavy atom. The SMILES string of the molecule is O=CC1(C#CC2(C=O)CC2)CC1. The lowest BCUT2D eigenvalue weighted by atomic mass is 10.1. The Labute approximate surface area is 71.3 Å². The van der Waals surface area contributed by atoms with E-state index in [2.05, 4.69) is 11.8 Å². The summed E-state index contributed by atoms with van der Waals surface area (Å²) >= 11 is 0. The van der Waals surface area contributed by atoms with Crippen LogP contribution in [-0.2, 0) is 9.59 Å². The monoisotopic (exact) mass is 162 g/mol. The first-order chi connectivity index (χ1) is 5.74. The molecule has 0 bridgehead atoms. The Bertz CT molecular complexity index is 257. The highest BCUT2D eigenvalue weighted by molar-refractivity contribution is 5.73. The van der Waals surface area contributed by atoms with Crippen LogP contribution in [0.4, 0.5) is 0 Å². The summed E-state index contributed by atoms with van der Waals surface area (Å²) in [6.45, 7) is 0. The van der Waals surface area contributed by atoms with Gasteiger partial charge in [0.15, 0.2) is 0 Å². The third kappa shape index (κ3) is 1.16. The Hall–Kier alpha value is -1.10. The van der Waals surface area contributed by atoms with Crippen LogP contribution in [0, 0.1) is 22.7 Å². The maximum atomic E-state index is 10.5. The summed E-state index contributed by atoms with van der Waals surface area (Å²) in [6, 6.07) is 0. The van der Waals surface area contributed by atoms with Crippen molar-refractivity contribution in [2.24, 2.45) is 10.8 Å². The molecule has 0 amide bonds. The van der Waals surface area contributed by atoms with Crippen LogP contribution in [0.5, 0.6) is 0 Å². The van der Waals surface area contributed by atoms with Crippen LogP contribution >= 0.6 is 0 Å². The Kier molecular flexibility index (Phi) is 1.38. The third-order valence-corrected chi connectivity index (χ3v) is 2.59. The minimum absolute atomic E-state index is 0.362. The molecule has 0 atom stereocenters. The molecule has 2 fully saturated rings. The fourth-order valence-electron chi connectivity index (χ4n) is 1.06. The fraction of sp³-hybridized carbons (Fsp3) is 0.600. The summed E-state index contributed by atoms with van der Waals surface area (Å²) in [5, 5.41) is 0. The molecule has 62 valence electrons. The number of hydrogen-bond donors (Lipinski definition) is 0. The molecule has 2 rings (SSSR count). The average Bonchev–Trinajstić information content (AvgIpc) is 3.00. The molecule has 12 heavy (non-hydrogen) atoms. The van der Waals surface area contributed by atoms with E-state index in [1.807, 2.05) is 0 Å². The molecule has 2 nitrogen and oxygen atoms in total. The van der Waals surface area contributed by atoms with Crippen LogP contribution in [0.2, 0.25) is 0 Å². The second-order valence-electron chi connectivity index (χ2n) is 3.80. The molecule has 2 aliphatic rings. The van der Waals surface area contributed by atoms with E-state index in [1.54, 1.807) is 0 Å². The number of carbonyl (C=O) groups is 2. The molecule has 0 aliphatic heterocycles. The number of rotatable bonds is 2. The molecule has 0 unspecified atom stereocenters. The summed E-state index contributed by atoms with van der Waals surface area (Å²) in [5.41, 5.74) is -0.725. The minimum Gasteiger partial charge on any atom is -0.302 e. The molecular weight excluding hydrogens is 152 g/mol. The van der Waals surface area contributed by atoms with Crippen molar-refractivity contribution in [1.82, 2.24) is 0 Å². The van der Waals surface area contributed by atoms with Gasteiger partial charge in [-0.25, -0.2) is 0 Å². The molecule has 0 heterocycles. The zero-order valence-corrected chi connectivity index (χ0v) is 6.80. The first-order valence-electron chi connectivity index (χ1n) is 4.21. The zero-order chi connectivity index (χ0) is 8.66. The molecule has 0 aromatic carbocycles. The van der Waals surface area contributed by atoms with Gasteiger partial charge in [-0.2, -0.15) is 0 Å². The van der Waals surface area contributed by atoms with E-state index >= 15 is 0 Å². The predicted molar refractivity (Wildman–Crippen MR) is 43.2 cm³/mol. The summed E-state index contributed by atoms with van der Waals surface area (Å²) in [4.78, 5) is 21.0. The van der Waals surface area contributed by atoms with E-state index in [0.717, 1.165) is 38.3 Å². The average molecular weight is 162 g/mol. The highest BCUT2D eigenvalue weighted by Gasteiger charge is 2.44. The van der Waals surface area contributed by atoms with E-state index in [0.29, 0.717) is 0 Å². The van der Waals surface area contributed by atoms with Gasteiger partial charge < -0.3 is 9.59 Å². The first-order valence-corrected chi connectivity index (χ1v) is 4.21. The van der Waals surface area contributed by atoms with Gasteiger partial charge in [-0.15, -0.1) is 0 Å². The lowest BCUT2D eigenvalue weighted by Crippen LogP contribution is -2.01.